The monoisotopic (exact) mass is 427 g/mol. The molecule has 1 amide bonds. The maximum atomic E-state index is 12.5. The number of thioether (sulfide) groups is 1. The summed E-state index contributed by atoms with van der Waals surface area (Å²) in [6.07, 6.45) is 0.704. The number of fused-ring (bicyclic) bond motifs is 1. The lowest BCUT2D eigenvalue weighted by atomic mass is 10.2. The summed E-state index contributed by atoms with van der Waals surface area (Å²) < 4.78 is 23.3. The van der Waals surface area contributed by atoms with Gasteiger partial charge in [0.05, 0.1) is 22.6 Å². The van der Waals surface area contributed by atoms with Gasteiger partial charge in [0.15, 0.2) is 15.0 Å². The van der Waals surface area contributed by atoms with Gasteiger partial charge >= 0.3 is 0 Å². The van der Waals surface area contributed by atoms with E-state index in [2.05, 4.69) is 14.9 Å². The Balaban J connectivity index is 1.29. The van der Waals surface area contributed by atoms with Gasteiger partial charge in [0.2, 0.25) is 5.91 Å². The molecule has 2 aliphatic rings. The number of carbonyl (C=O) groups is 1. The third-order valence-corrected chi connectivity index (χ3v) is 8.44. The van der Waals surface area contributed by atoms with Gasteiger partial charge in [-0.25, -0.2) is 18.4 Å². The number of rotatable bonds is 4. The molecule has 2 aliphatic heterocycles. The van der Waals surface area contributed by atoms with Gasteiger partial charge in [-0.15, -0.1) is 11.3 Å². The summed E-state index contributed by atoms with van der Waals surface area (Å²) in [6, 6.07) is 2.00. The van der Waals surface area contributed by atoms with Crippen LogP contribution in [0.15, 0.2) is 16.6 Å². The number of hydrogen-bond acceptors (Lipinski definition) is 9. The number of nitrogens with two attached hydrogens (primary N) is 1. The number of amides is 1. The van der Waals surface area contributed by atoms with Crippen molar-refractivity contribution in [1.82, 2.24) is 19.8 Å². The first-order chi connectivity index (χ1) is 12.9. The molecule has 2 saturated heterocycles. The van der Waals surface area contributed by atoms with E-state index in [0.29, 0.717) is 30.5 Å². The van der Waals surface area contributed by atoms with Crippen LogP contribution < -0.4 is 5.73 Å². The van der Waals surface area contributed by atoms with Crippen molar-refractivity contribution in [2.45, 2.75) is 17.6 Å². The predicted octanol–water partition coefficient (Wildman–Crippen LogP) is 0.697. The van der Waals surface area contributed by atoms with E-state index in [-0.39, 0.29) is 29.2 Å². The van der Waals surface area contributed by atoms with Crippen LogP contribution >= 0.6 is 23.1 Å². The Morgan fingerprint density at radius 3 is 2.78 bits per heavy atom. The molecule has 11 heteroatoms. The number of anilines is 1. The molecule has 0 radical (unpaired) electrons. The minimum absolute atomic E-state index is 0.0483. The molecule has 0 spiro atoms. The number of sulfone groups is 1. The van der Waals surface area contributed by atoms with Crippen LogP contribution in [-0.2, 0) is 14.6 Å². The summed E-state index contributed by atoms with van der Waals surface area (Å²) in [5.41, 5.74) is 5.94. The minimum Gasteiger partial charge on any atom is -0.383 e. The Morgan fingerprint density at radius 1 is 1.30 bits per heavy atom. The van der Waals surface area contributed by atoms with Crippen LogP contribution in [-0.4, -0.2) is 83.6 Å². The van der Waals surface area contributed by atoms with Crippen LogP contribution in [0.5, 0.6) is 0 Å². The molecule has 2 N–H and O–H groups in total. The van der Waals surface area contributed by atoms with Crippen LogP contribution in [0, 0.1) is 0 Å². The summed E-state index contributed by atoms with van der Waals surface area (Å²) in [6.45, 7) is 2.70. The largest absolute Gasteiger partial charge is 0.383 e. The molecule has 0 bridgehead atoms. The van der Waals surface area contributed by atoms with Crippen molar-refractivity contribution in [1.29, 1.82) is 0 Å². The molecule has 2 aromatic heterocycles. The second-order valence-electron chi connectivity index (χ2n) is 6.79. The molecular formula is C16H21N5O3S3. The highest BCUT2D eigenvalue weighted by molar-refractivity contribution is 7.99. The lowest BCUT2D eigenvalue weighted by Crippen LogP contribution is -2.52. The van der Waals surface area contributed by atoms with Gasteiger partial charge in [-0.3, -0.25) is 9.69 Å². The molecule has 8 nitrogen and oxygen atoms in total. The summed E-state index contributed by atoms with van der Waals surface area (Å²) in [4.78, 5) is 26.1. The van der Waals surface area contributed by atoms with E-state index in [1.54, 1.807) is 0 Å². The van der Waals surface area contributed by atoms with Gasteiger partial charge < -0.3 is 10.6 Å². The van der Waals surface area contributed by atoms with Crippen molar-refractivity contribution in [3.05, 3.63) is 11.4 Å². The van der Waals surface area contributed by atoms with Crippen molar-refractivity contribution in [2.24, 2.45) is 0 Å². The van der Waals surface area contributed by atoms with Crippen molar-refractivity contribution >= 4 is 54.9 Å². The molecule has 0 aliphatic carbocycles. The zero-order chi connectivity index (χ0) is 19.0. The molecular weight excluding hydrogens is 406 g/mol. The van der Waals surface area contributed by atoms with Crippen LogP contribution in [0.25, 0.3) is 10.2 Å². The highest BCUT2D eigenvalue weighted by Gasteiger charge is 2.34. The van der Waals surface area contributed by atoms with Gasteiger partial charge in [0.1, 0.15) is 10.6 Å². The normalized spacial score (nSPS) is 23.1. The first-order valence-corrected chi connectivity index (χ1v) is 12.5. The number of aromatic nitrogens is 2. The van der Waals surface area contributed by atoms with Gasteiger partial charge in [-0.2, -0.15) is 0 Å². The van der Waals surface area contributed by atoms with E-state index < -0.39 is 9.84 Å². The zero-order valence-electron chi connectivity index (χ0n) is 14.7. The molecule has 2 fully saturated rings. The van der Waals surface area contributed by atoms with Gasteiger partial charge in [0.25, 0.3) is 0 Å². The SMILES string of the molecule is Nc1nc(SCC(=O)N2CCN([C@H]3CCS(=O)(=O)C3)CC2)nc2sccc12. The Hall–Kier alpha value is -1.43. The maximum Gasteiger partial charge on any atom is 0.233 e. The summed E-state index contributed by atoms with van der Waals surface area (Å²) in [7, 11) is -2.88. The molecule has 0 saturated carbocycles. The number of hydrogen-bond donors (Lipinski definition) is 1. The number of piperazine rings is 1. The van der Waals surface area contributed by atoms with E-state index in [0.717, 1.165) is 23.3 Å². The van der Waals surface area contributed by atoms with E-state index in [1.165, 1.54) is 23.1 Å². The molecule has 146 valence electrons. The minimum atomic E-state index is -2.88. The molecule has 1 atom stereocenters. The average molecular weight is 428 g/mol. The second kappa shape index (κ2) is 7.53. The van der Waals surface area contributed by atoms with E-state index in [9.17, 15) is 13.2 Å². The van der Waals surface area contributed by atoms with Gasteiger partial charge in [0, 0.05) is 32.2 Å². The molecule has 0 unspecified atom stereocenters. The third-order valence-electron chi connectivity index (χ3n) is 5.05. The van der Waals surface area contributed by atoms with Crippen LogP contribution in [0.3, 0.4) is 0 Å². The topological polar surface area (TPSA) is 109 Å². The van der Waals surface area contributed by atoms with Crippen LogP contribution in [0.2, 0.25) is 0 Å². The number of thiophene rings is 1. The number of nitrogens with zero attached hydrogens (tertiary/aromatic N) is 4. The van der Waals surface area contributed by atoms with Gasteiger partial charge in [-0.1, -0.05) is 11.8 Å². The standard InChI is InChI=1S/C16H21N5O3S3/c17-14-12-1-7-25-15(12)19-16(18-14)26-9-13(22)21-5-3-20(4-6-21)11-2-8-27(23,24)10-11/h1,7,11H,2-6,8-10H2,(H2,17,18,19)/t11-/m0/s1. The quantitative estimate of drug-likeness (QED) is 0.561. The Labute approximate surface area is 166 Å². The van der Waals surface area contributed by atoms with E-state index in [1.807, 2.05) is 16.3 Å². The average Bonchev–Trinajstić information content (AvgIpc) is 3.26. The maximum absolute atomic E-state index is 12.5. The second-order valence-corrected chi connectivity index (χ2v) is 10.9. The lowest BCUT2D eigenvalue weighted by molar-refractivity contribution is -0.130. The van der Waals surface area contributed by atoms with Crippen molar-refractivity contribution in [3.8, 4) is 0 Å². The number of carbonyl (C=O) groups excluding carboxylic acids is 1. The van der Waals surface area contributed by atoms with Crippen LogP contribution in [0.1, 0.15) is 6.42 Å². The molecule has 27 heavy (non-hydrogen) atoms. The smallest absolute Gasteiger partial charge is 0.233 e. The molecule has 4 heterocycles. The summed E-state index contributed by atoms with van der Waals surface area (Å²) >= 11 is 2.80. The lowest BCUT2D eigenvalue weighted by Gasteiger charge is -2.37. The van der Waals surface area contributed by atoms with Crippen molar-refractivity contribution in [3.63, 3.8) is 0 Å². The van der Waals surface area contributed by atoms with E-state index >= 15 is 0 Å². The fourth-order valence-corrected chi connectivity index (χ4v) is 6.88. The van der Waals surface area contributed by atoms with Crippen molar-refractivity contribution < 1.29 is 13.2 Å². The molecule has 0 aromatic carbocycles. The first-order valence-electron chi connectivity index (χ1n) is 8.77. The highest BCUT2D eigenvalue weighted by Crippen LogP contribution is 2.26. The van der Waals surface area contributed by atoms with Gasteiger partial charge in [-0.05, 0) is 17.9 Å². The predicted molar refractivity (Wildman–Crippen MR) is 108 cm³/mol. The first kappa shape index (κ1) is 18.9. The van der Waals surface area contributed by atoms with Crippen molar-refractivity contribution in [2.75, 3.05) is 49.2 Å². The highest BCUT2D eigenvalue weighted by atomic mass is 32.2. The Kier molecular flexibility index (Phi) is 5.28. The summed E-state index contributed by atoms with van der Waals surface area (Å²) in [5, 5.41) is 3.29. The molecule has 4 rings (SSSR count). The summed E-state index contributed by atoms with van der Waals surface area (Å²) in [5.74, 6) is 1.29. The fraction of sp³-hybridized carbons (Fsp3) is 0.562. The zero-order valence-corrected chi connectivity index (χ0v) is 17.2. The fourth-order valence-electron chi connectivity index (χ4n) is 3.54. The number of nitrogen functional groups attached to an aromatic ring is 1. The Bertz CT molecular complexity index is 953. The van der Waals surface area contributed by atoms with E-state index in [4.69, 9.17) is 5.73 Å². The molecule has 2 aromatic rings. The third kappa shape index (κ3) is 4.20. The van der Waals surface area contributed by atoms with Crippen LogP contribution in [0.4, 0.5) is 5.82 Å². The Morgan fingerprint density at radius 2 is 2.07 bits per heavy atom.